The van der Waals surface area contributed by atoms with Gasteiger partial charge in [0.2, 0.25) is 0 Å². The Morgan fingerprint density at radius 3 is 2.75 bits per heavy atom. The molecule has 100 valence electrons. The van der Waals surface area contributed by atoms with E-state index in [9.17, 15) is 0 Å². The summed E-state index contributed by atoms with van der Waals surface area (Å²) in [6, 6.07) is 10.2. The Balaban J connectivity index is 1.98. The maximum absolute atomic E-state index is 4.42. The van der Waals surface area contributed by atoms with Crippen LogP contribution in [0.1, 0.15) is 11.3 Å². The van der Waals surface area contributed by atoms with Gasteiger partial charge in [0.25, 0.3) is 0 Å². The zero-order valence-electron chi connectivity index (χ0n) is 11.1. The SMILES string of the molecule is CSCn1cnc2c(/C=C/c3ccccc3)ncnc21. The lowest BCUT2D eigenvalue weighted by Gasteiger charge is -2.00. The third-order valence-electron chi connectivity index (χ3n) is 2.93. The highest BCUT2D eigenvalue weighted by atomic mass is 32.2. The predicted octanol–water partition coefficient (Wildman–Crippen LogP) is 3.32. The molecule has 0 saturated carbocycles. The molecule has 0 radical (unpaired) electrons. The third-order valence-corrected chi connectivity index (χ3v) is 3.47. The van der Waals surface area contributed by atoms with Gasteiger partial charge < -0.3 is 4.57 Å². The topological polar surface area (TPSA) is 43.6 Å². The van der Waals surface area contributed by atoms with E-state index >= 15 is 0 Å². The number of nitrogens with zero attached hydrogens (tertiary/aromatic N) is 4. The number of rotatable bonds is 4. The predicted molar refractivity (Wildman–Crippen MR) is 84.2 cm³/mol. The average Bonchev–Trinajstić information content (AvgIpc) is 2.91. The third kappa shape index (κ3) is 2.58. The summed E-state index contributed by atoms with van der Waals surface area (Å²) in [6.45, 7) is 0. The van der Waals surface area contributed by atoms with Crippen molar-refractivity contribution in [3.05, 3.63) is 54.2 Å². The van der Waals surface area contributed by atoms with Gasteiger partial charge in [0.15, 0.2) is 5.65 Å². The van der Waals surface area contributed by atoms with Gasteiger partial charge >= 0.3 is 0 Å². The van der Waals surface area contributed by atoms with E-state index in [2.05, 4.69) is 33.3 Å². The van der Waals surface area contributed by atoms with Crippen LogP contribution >= 0.6 is 11.8 Å². The van der Waals surface area contributed by atoms with Crippen molar-refractivity contribution >= 4 is 35.1 Å². The lowest BCUT2D eigenvalue weighted by atomic mass is 10.2. The van der Waals surface area contributed by atoms with Crippen molar-refractivity contribution in [2.24, 2.45) is 0 Å². The monoisotopic (exact) mass is 282 g/mol. The summed E-state index contributed by atoms with van der Waals surface area (Å²) in [5.41, 5.74) is 3.71. The van der Waals surface area contributed by atoms with Gasteiger partial charge in [-0.15, -0.1) is 11.8 Å². The molecule has 3 rings (SSSR count). The fourth-order valence-electron chi connectivity index (χ4n) is 1.99. The fourth-order valence-corrected chi connectivity index (χ4v) is 2.46. The second-order valence-electron chi connectivity index (χ2n) is 4.31. The van der Waals surface area contributed by atoms with Gasteiger partial charge in [0.05, 0.1) is 17.9 Å². The molecule has 0 unspecified atom stereocenters. The highest BCUT2D eigenvalue weighted by Crippen LogP contribution is 2.17. The Hall–Kier alpha value is -2.14. The van der Waals surface area contributed by atoms with E-state index in [1.807, 2.05) is 41.2 Å². The van der Waals surface area contributed by atoms with Gasteiger partial charge in [-0.25, -0.2) is 15.0 Å². The van der Waals surface area contributed by atoms with Gasteiger partial charge in [-0.3, -0.25) is 0 Å². The highest BCUT2D eigenvalue weighted by Gasteiger charge is 2.07. The quantitative estimate of drug-likeness (QED) is 0.736. The number of benzene rings is 1. The number of aromatic nitrogens is 4. The second-order valence-corrected chi connectivity index (χ2v) is 5.14. The Kier molecular flexibility index (Phi) is 3.78. The minimum absolute atomic E-state index is 0.841. The minimum atomic E-state index is 0.841. The van der Waals surface area contributed by atoms with Crippen LogP contribution in [0, 0.1) is 0 Å². The van der Waals surface area contributed by atoms with Crippen molar-refractivity contribution in [3.8, 4) is 0 Å². The van der Waals surface area contributed by atoms with Crippen LogP contribution in [0.15, 0.2) is 43.0 Å². The first-order valence-corrected chi connectivity index (χ1v) is 7.66. The van der Waals surface area contributed by atoms with E-state index < -0.39 is 0 Å². The van der Waals surface area contributed by atoms with E-state index in [1.165, 1.54) is 0 Å². The van der Waals surface area contributed by atoms with E-state index in [0.717, 1.165) is 28.3 Å². The molecule has 0 spiro atoms. The molecule has 20 heavy (non-hydrogen) atoms. The van der Waals surface area contributed by atoms with Crippen molar-refractivity contribution in [3.63, 3.8) is 0 Å². The van der Waals surface area contributed by atoms with Crippen LogP contribution in [0.4, 0.5) is 0 Å². The van der Waals surface area contributed by atoms with E-state index in [1.54, 1.807) is 18.1 Å². The first-order chi connectivity index (χ1) is 9.88. The molecule has 0 aliphatic heterocycles. The van der Waals surface area contributed by atoms with Crippen molar-refractivity contribution in [2.45, 2.75) is 5.88 Å². The van der Waals surface area contributed by atoms with Crippen molar-refractivity contribution in [1.29, 1.82) is 0 Å². The molecule has 1 aromatic carbocycles. The molecule has 0 bridgehead atoms. The second kappa shape index (κ2) is 5.88. The minimum Gasteiger partial charge on any atom is -0.305 e. The number of thioether (sulfide) groups is 1. The van der Waals surface area contributed by atoms with Crippen LogP contribution in [0.3, 0.4) is 0 Å². The zero-order valence-corrected chi connectivity index (χ0v) is 11.9. The standard InChI is InChI=1S/C15H14N4S/c1-20-11-19-10-18-14-13(16-9-17-15(14)19)8-7-12-5-3-2-4-6-12/h2-10H,11H2,1H3/b8-7+. The highest BCUT2D eigenvalue weighted by molar-refractivity contribution is 7.97. The zero-order chi connectivity index (χ0) is 13.8. The van der Waals surface area contributed by atoms with Crippen LogP contribution in [0.2, 0.25) is 0 Å². The molecule has 0 amide bonds. The summed E-state index contributed by atoms with van der Waals surface area (Å²) in [7, 11) is 0. The Bertz CT molecular complexity index is 734. The van der Waals surface area contributed by atoms with E-state index in [0.29, 0.717) is 0 Å². The normalized spacial score (nSPS) is 11.4. The van der Waals surface area contributed by atoms with E-state index in [-0.39, 0.29) is 0 Å². The maximum Gasteiger partial charge on any atom is 0.164 e. The maximum atomic E-state index is 4.42. The molecule has 0 aliphatic rings. The van der Waals surface area contributed by atoms with Crippen molar-refractivity contribution in [1.82, 2.24) is 19.5 Å². The molecule has 0 N–H and O–H groups in total. The summed E-state index contributed by atoms with van der Waals surface area (Å²) < 4.78 is 2.03. The number of hydrogen-bond acceptors (Lipinski definition) is 4. The van der Waals surface area contributed by atoms with Crippen LogP contribution < -0.4 is 0 Å². The lowest BCUT2D eigenvalue weighted by molar-refractivity contribution is 0.906. The van der Waals surface area contributed by atoms with Gasteiger partial charge in [-0.2, -0.15) is 0 Å². The fraction of sp³-hybridized carbons (Fsp3) is 0.133. The molecule has 2 aromatic heterocycles. The number of fused-ring (bicyclic) bond motifs is 1. The van der Waals surface area contributed by atoms with Crippen molar-refractivity contribution < 1.29 is 0 Å². The molecule has 0 atom stereocenters. The van der Waals surface area contributed by atoms with Gasteiger partial charge in [-0.05, 0) is 17.9 Å². The number of imidazole rings is 1. The lowest BCUT2D eigenvalue weighted by Crippen LogP contribution is -1.94. The largest absolute Gasteiger partial charge is 0.305 e. The van der Waals surface area contributed by atoms with Gasteiger partial charge in [0, 0.05) is 0 Å². The average molecular weight is 282 g/mol. The smallest absolute Gasteiger partial charge is 0.164 e. The first kappa shape index (κ1) is 12.9. The summed E-state index contributed by atoms with van der Waals surface area (Å²) in [4.78, 5) is 13.1. The van der Waals surface area contributed by atoms with Crippen LogP contribution in [0.25, 0.3) is 23.3 Å². The Morgan fingerprint density at radius 1 is 1.10 bits per heavy atom. The molecule has 0 saturated heterocycles. The molecule has 0 fully saturated rings. The molecule has 3 aromatic rings. The summed E-state index contributed by atoms with van der Waals surface area (Å²) >= 11 is 1.73. The summed E-state index contributed by atoms with van der Waals surface area (Å²) in [5, 5.41) is 0. The van der Waals surface area contributed by atoms with E-state index in [4.69, 9.17) is 0 Å². The molecule has 0 aliphatic carbocycles. The number of hydrogen-bond donors (Lipinski definition) is 0. The summed E-state index contributed by atoms with van der Waals surface area (Å²) in [5.74, 6) is 0.843. The van der Waals surface area contributed by atoms with Gasteiger partial charge in [-0.1, -0.05) is 36.4 Å². The summed E-state index contributed by atoms with van der Waals surface area (Å²) in [6.07, 6.45) is 9.48. The van der Waals surface area contributed by atoms with Crippen molar-refractivity contribution in [2.75, 3.05) is 6.26 Å². The van der Waals surface area contributed by atoms with Gasteiger partial charge in [0.1, 0.15) is 11.8 Å². The van der Waals surface area contributed by atoms with Crippen LogP contribution in [-0.4, -0.2) is 25.8 Å². The Labute approximate surface area is 121 Å². The van der Waals surface area contributed by atoms with Crippen LogP contribution in [-0.2, 0) is 5.88 Å². The first-order valence-electron chi connectivity index (χ1n) is 6.26. The molecule has 5 heteroatoms. The molecular weight excluding hydrogens is 268 g/mol. The van der Waals surface area contributed by atoms with Crippen LogP contribution in [0.5, 0.6) is 0 Å². The molecule has 2 heterocycles. The Morgan fingerprint density at radius 2 is 1.95 bits per heavy atom. The molecular formula is C15H14N4S. The molecule has 4 nitrogen and oxygen atoms in total.